The lowest BCUT2D eigenvalue weighted by Crippen LogP contribution is -2.70. The van der Waals surface area contributed by atoms with Gasteiger partial charge in [0.2, 0.25) is 0 Å². The zero-order chi connectivity index (χ0) is 68.0. The molecule has 0 aromatic heterocycles. The molecule has 25 atom stereocenters. The van der Waals surface area contributed by atoms with Gasteiger partial charge in [-0.2, -0.15) is 50.5 Å². The maximum absolute atomic E-state index is 13.3. The second-order valence-electron chi connectivity index (χ2n) is 18.9. The lowest BCUT2D eigenvalue weighted by Gasteiger charge is -2.51. The Balaban J connectivity index is 1.59. The molecule has 0 saturated carbocycles. The van der Waals surface area contributed by atoms with Gasteiger partial charge in [-0.15, -0.1) is 0 Å². The first-order valence-electron chi connectivity index (χ1n) is 24.9. The Kier molecular flexibility index (Phi) is 27.8. The third-order valence-electron chi connectivity index (χ3n) is 13.3. The molecule has 5 aliphatic heterocycles. The summed E-state index contributed by atoms with van der Waals surface area (Å²) in [6, 6.07) is -1.73. The van der Waals surface area contributed by atoms with Crippen molar-refractivity contribution in [1.29, 1.82) is 0 Å². The first-order chi connectivity index (χ1) is 41.5. The van der Waals surface area contributed by atoms with E-state index in [0.717, 1.165) is 42.7 Å². The zero-order valence-electron chi connectivity index (χ0n) is 47.0. The molecular formula is C38H65NO45S6. The summed E-state index contributed by atoms with van der Waals surface area (Å²) >= 11 is 0. The quantitative estimate of drug-likeness (QED) is 0.0273. The first-order valence-corrected chi connectivity index (χ1v) is 33.1. The smallest absolute Gasteiger partial charge is 0.397 e. The first kappa shape index (κ1) is 78.1. The minimum absolute atomic E-state index is 0.157. The number of aliphatic hydroxyl groups excluding tert-OH is 1. The molecule has 5 rings (SSSR count). The summed E-state index contributed by atoms with van der Waals surface area (Å²) in [6.45, 7) is -2.77. The SMILES string of the molecule is CCO[C@H]1[C@H](O)[C@@H](N)[C@@H](O[C@H]2[C@H](OC)[C@@H](OC)[C@H](O[C@H]3[C@H](OS(=O)(=O)O)[C@@H](OS(=O)(=O)O)[C@@H](O[C@H]4[C@H](OC)[C@@H](OC)[C@@H](O[C@H]5[C@H](OC)[C@@H](OS(=O)(=O)O)[C@@H](OC)O[C@@H]5COS(=O)(=O)O)O[C@@H]4C(=O)O)O[C@@H]3COS(=O)(=O)O)O[C@@H]2C(=O)O)O[C@@H]1COS(=O)(=O)O. The molecule has 5 heterocycles. The predicted molar refractivity (Wildman–Crippen MR) is 270 cm³/mol. The minimum Gasteiger partial charge on any atom is -0.479 e. The number of carboxylic acid groups (broad SMARTS) is 2. The van der Waals surface area contributed by atoms with Crippen molar-refractivity contribution in [2.24, 2.45) is 5.73 Å². The summed E-state index contributed by atoms with van der Waals surface area (Å²) in [5, 5.41) is 32.4. The number of aliphatic carboxylic acids is 2. The number of hydrogen-bond donors (Lipinski definition) is 10. The van der Waals surface area contributed by atoms with Gasteiger partial charge in [0, 0.05) is 49.3 Å². The molecule has 0 aliphatic carbocycles. The highest BCUT2D eigenvalue weighted by Gasteiger charge is 2.62. The van der Waals surface area contributed by atoms with E-state index in [2.05, 4.69) is 16.7 Å². The van der Waals surface area contributed by atoms with Gasteiger partial charge in [-0.3, -0.25) is 27.3 Å². The van der Waals surface area contributed by atoms with Crippen molar-refractivity contribution in [3.8, 4) is 0 Å². The van der Waals surface area contributed by atoms with E-state index in [9.17, 15) is 103 Å². The third-order valence-corrected chi connectivity index (χ3v) is 16.0. The van der Waals surface area contributed by atoms with Crippen molar-refractivity contribution in [2.75, 3.05) is 69.1 Å². The van der Waals surface area contributed by atoms with Crippen molar-refractivity contribution in [3.63, 3.8) is 0 Å². The highest BCUT2D eigenvalue weighted by molar-refractivity contribution is 7.82. The topological polar surface area (TPSA) is 650 Å². The summed E-state index contributed by atoms with van der Waals surface area (Å²) in [5.74, 6) is -4.15. The van der Waals surface area contributed by atoms with Crippen LogP contribution in [0, 0.1) is 0 Å². The molecule has 0 bridgehead atoms. The molecule has 5 fully saturated rings. The molecule has 46 nitrogen and oxygen atoms in total. The molecule has 5 saturated heterocycles. The highest BCUT2D eigenvalue weighted by atomic mass is 32.3. The molecule has 90 heavy (non-hydrogen) atoms. The summed E-state index contributed by atoms with van der Waals surface area (Å²) < 4.78 is 322. The summed E-state index contributed by atoms with van der Waals surface area (Å²) in [4.78, 5) is 26.4. The van der Waals surface area contributed by atoms with Crippen LogP contribution in [0.3, 0.4) is 0 Å². The largest absolute Gasteiger partial charge is 0.479 e. The Bertz CT molecular complexity index is 3070. The number of carbonyl (C=O) groups is 2. The molecule has 11 N–H and O–H groups in total. The van der Waals surface area contributed by atoms with Gasteiger partial charge in [0.05, 0.1) is 25.9 Å². The fourth-order valence-electron chi connectivity index (χ4n) is 9.90. The lowest BCUT2D eigenvalue weighted by atomic mass is 9.94. The molecule has 0 spiro atoms. The molecule has 0 unspecified atom stereocenters. The summed E-state index contributed by atoms with van der Waals surface area (Å²) in [7, 11) is -28.8. The van der Waals surface area contributed by atoms with Gasteiger partial charge in [-0.1, -0.05) is 0 Å². The number of carboxylic acids is 2. The van der Waals surface area contributed by atoms with Gasteiger partial charge in [-0.05, 0) is 6.92 Å². The molecule has 528 valence electrons. The monoisotopic (exact) mass is 1450 g/mol. The highest BCUT2D eigenvalue weighted by Crippen LogP contribution is 2.41. The van der Waals surface area contributed by atoms with Crippen LogP contribution >= 0.6 is 0 Å². The summed E-state index contributed by atoms with van der Waals surface area (Å²) in [5.41, 5.74) is 6.21. The maximum Gasteiger partial charge on any atom is 0.397 e. The van der Waals surface area contributed by atoms with Crippen molar-refractivity contribution < 1.29 is 204 Å². The van der Waals surface area contributed by atoms with E-state index < -0.39 is 248 Å². The van der Waals surface area contributed by atoms with Crippen LogP contribution in [0.2, 0.25) is 0 Å². The van der Waals surface area contributed by atoms with Crippen molar-refractivity contribution in [1.82, 2.24) is 0 Å². The van der Waals surface area contributed by atoms with Crippen LogP contribution in [0.4, 0.5) is 0 Å². The number of ether oxygens (including phenoxy) is 16. The Labute approximate surface area is 511 Å². The normalized spacial score (nSPS) is 38.6. The van der Waals surface area contributed by atoms with Gasteiger partial charge in [0.15, 0.2) is 55.9 Å². The molecule has 0 aromatic rings. The van der Waals surface area contributed by atoms with Crippen molar-refractivity contribution in [2.45, 2.75) is 160 Å². The van der Waals surface area contributed by atoms with E-state index in [4.69, 9.17) is 89.9 Å². The molecule has 52 heteroatoms. The molecule has 0 radical (unpaired) electrons. The van der Waals surface area contributed by atoms with Gasteiger partial charge in [-0.25, -0.2) is 34.7 Å². The third kappa shape index (κ3) is 21.2. The maximum atomic E-state index is 13.3. The van der Waals surface area contributed by atoms with Crippen LogP contribution in [0.1, 0.15) is 6.92 Å². The second kappa shape index (κ2) is 32.0. The number of rotatable bonds is 33. The van der Waals surface area contributed by atoms with E-state index in [1.54, 1.807) is 0 Å². The minimum atomic E-state index is -6.14. The number of methoxy groups -OCH3 is 6. The average Bonchev–Trinajstić information content (AvgIpc) is 0.815. The average molecular weight is 1450 g/mol. The van der Waals surface area contributed by atoms with Gasteiger partial charge in [0.25, 0.3) is 0 Å². The Hall–Kier alpha value is -2.56. The van der Waals surface area contributed by atoms with E-state index in [0.29, 0.717) is 0 Å². The van der Waals surface area contributed by atoms with Crippen molar-refractivity contribution in [3.05, 3.63) is 0 Å². The Morgan fingerprint density at radius 2 is 0.678 bits per heavy atom. The van der Waals surface area contributed by atoms with Crippen LogP contribution < -0.4 is 5.73 Å². The van der Waals surface area contributed by atoms with Crippen molar-refractivity contribution >= 4 is 74.3 Å². The van der Waals surface area contributed by atoms with E-state index in [1.807, 2.05) is 0 Å². The van der Waals surface area contributed by atoms with Gasteiger partial charge < -0.3 is 96.8 Å². The van der Waals surface area contributed by atoms with Crippen LogP contribution in [-0.4, -0.2) is 328 Å². The Morgan fingerprint density at radius 1 is 0.378 bits per heavy atom. The fourth-order valence-corrected chi connectivity index (χ4v) is 12.3. The molecule has 5 aliphatic rings. The van der Waals surface area contributed by atoms with Crippen LogP contribution in [0.5, 0.6) is 0 Å². The Morgan fingerprint density at radius 3 is 1.02 bits per heavy atom. The van der Waals surface area contributed by atoms with Crippen LogP contribution in [0.15, 0.2) is 0 Å². The van der Waals surface area contributed by atoms with Gasteiger partial charge >= 0.3 is 74.3 Å². The van der Waals surface area contributed by atoms with Crippen LogP contribution in [-0.2, 0) is 173 Å². The van der Waals surface area contributed by atoms with E-state index >= 15 is 0 Å². The van der Waals surface area contributed by atoms with E-state index in [1.165, 1.54) is 6.92 Å². The number of nitrogens with two attached hydrogens (primary N) is 1. The molecule has 0 amide bonds. The number of aliphatic hydroxyl groups is 1. The van der Waals surface area contributed by atoms with Crippen LogP contribution in [0.25, 0.3) is 0 Å². The summed E-state index contributed by atoms with van der Waals surface area (Å²) in [6.07, 6.45) is -54.1. The van der Waals surface area contributed by atoms with E-state index in [-0.39, 0.29) is 6.61 Å². The predicted octanol–water partition coefficient (Wildman–Crippen LogP) is -7.84. The number of hydrogen-bond acceptors (Lipinski definition) is 38. The van der Waals surface area contributed by atoms with Gasteiger partial charge in [0.1, 0.15) is 91.6 Å². The zero-order valence-corrected chi connectivity index (χ0v) is 51.9. The fraction of sp³-hybridized carbons (Fsp3) is 0.947. The standard InChI is InChI=1S/C38H65NO45S6/c1-8-69-17-12(9-70-85(45,46)47)73-34(15(39)16(17)40)78-23-21(64-3)28(66-5)37(80-26(23)32(41)42)77-19-14(11-72-87(51,52)53)75-38(31(84-90(60,61)62)25(19)82-88(54,55)56)79-24-22(65-4)29(67-6)36(81-27(24)33(43)44)76-18-13(10-71-86(48,49)50)74-35(68-7)30(20(18)63-2)83-89(57,58)59/h12-31,34-38,40H,8-11,39H2,1-7H3,(H,41,42)(H,43,44)(H,45,46,47)(H,48,49,50)(H,51,52,53)(H,54,55,56)(H,57,58,59)(H,60,61,62)/t12-,13-,14-,15-,16-,17-,18-,19-,20+,21+,22+,23+,24+,25+,26+,27+,28-,29-,30-,31-,34-,35+,36+,37-,38-/m1/s1. The molecular weight excluding hydrogens is 1380 g/mol. The second-order valence-corrected chi connectivity index (χ2v) is 25.3. The molecule has 0 aromatic carbocycles. The lowest BCUT2D eigenvalue weighted by molar-refractivity contribution is -0.386.